The predicted molar refractivity (Wildman–Crippen MR) is 84.9 cm³/mol. The minimum Gasteiger partial charge on any atom is -0.388 e. The Morgan fingerprint density at radius 3 is 2.29 bits per heavy atom. The number of amides is 1. The summed E-state index contributed by atoms with van der Waals surface area (Å²) >= 11 is 0. The number of nitrogens with one attached hydrogen (secondary N) is 2. The molecule has 0 aliphatic rings. The van der Waals surface area contributed by atoms with Crippen LogP contribution in [0.4, 0.5) is 0 Å². The van der Waals surface area contributed by atoms with Gasteiger partial charge in [0.2, 0.25) is 5.91 Å². The molecule has 0 aromatic heterocycles. The maximum atomic E-state index is 12.5. The van der Waals surface area contributed by atoms with Crippen LogP contribution < -0.4 is 10.6 Å². The Kier molecular flexibility index (Phi) is 8.93. The van der Waals surface area contributed by atoms with E-state index in [-0.39, 0.29) is 23.8 Å². The van der Waals surface area contributed by atoms with E-state index in [1.54, 1.807) is 0 Å². The molecule has 0 rings (SSSR count). The van der Waals surface area contributed by atoms with E-state index in [0.29, 0.717) is 13.2 Å². The van der Waals surface area contributed by atoms with E-state index >= 15 is 0 Å². The Bertz CT molecular complexity index is 370. The van der Waals surface area contributed by atoms with Crippen LogP contribution in [0.1, 0.15) is 48.0 Å². The minimum atomic E-state index is -0.267. The van der Waals surface area contributed by atoms with E-state index < -0.39 is 0 Å². The van der Waals surface area contributed by atoms with Crippen molar-refractivity contribution < 1.29 is 14.3 Å². The fourth-order valence-electron chi connectivity index (χ4n) is 2.28. The second-order valence-electron chi connectivity index (χ2n) is 5.97. The molecular weight excluding hydrogens is 268 g/mol. The van der Waals surface area contributed by atoms with E-state index in [4.69, 9.17) is 4.74 Å². The smallest absolute Gasteiger partial charge is 0.249 e. The fourth-order valence-corrected chi connectivity index (χ4v) is 2.28. The van der Waals surface area contributed by atoms with Crippen LogP contribution in [0.15, 0.2) is 11.3 Å². The lowest BCUT2D eigenvalue weighted by atomic mass is 9.84. The molecule has 0 aromatic rings. The summed E-state index contributed by atoms with van der Waals surface area (Å²) in [5.41, 5.74) is 1.35. The van der Waals surface area contributed by atoms with Gasteiger partial charge < -0.3 is 20.2 Å². The maximum absolute atomic E-state index is 12.5. The Hall–Kier alpha value is -1.36. The zero-order chi connectivity index (χ0) is 16.5. The molecule has 0 saturated heterocycles. The van der Waals surface area contributed by atoms with Crippen molar-refractivity contribution in [3.63, 3.8) is 0 Å². The highest BCUT2D eigenvalue weighted by molar-refractivity contribution is 5.95. The molecule has 0 saturated carbocycles. The normalized spacial score (nSPS) is 14.2. The first-order chi connectivity index (χ1) is 9.77. The average Bonchev–Trinajstić information content (AvgIpc) is 2.35. The van der Waals surface area contributed by atoms with E-state index in [0.717, 1.165) is 24.1 Å². The first-order valence-electron chi connectivity index (χ1n) is 7.56. The zero-order valence-corrected chi connectivity index (χ0v) is 14.2. The Balaban J connectivity index is 4.92. The van der Waals surface area contributed by atoms with Gasteiger partial charge in [0.05, 0.1) is 6.10 Å². The van der Waals surface area contributed by atoms with Gasteiger partial charge in [0.15, 0.2) is 0 Å². The summed E-state index contributed by atoms with van der Waals surface area (Å²) in [4.78, 5) is 23.1. The molecule has 21 heavy (non-hydrogen) atoms. The van der Waals surface area contributed by atoms with Gasteiger partial charge >= 0.3 is 0 Å². The zero-order valence-electron chi connectivity index (χ0n) is 14.2. The molecule has 0 heterocycles. The van der Waals surface area contributed by atoms with Crippen LogP contribution in [-0.2, 0) is 14.3 Å². The standard InChI is InChI=1S/C16H30N2O3/c1-7-17-12(3)14(16(4,5)6)15(20)18-11-13(9-10-19)21-8-2/h10,13,17H,7-9,11H2,1-6H3,(H,18,20)/b14-12-. The van der Waals surface area contributed by atoms with Crippen LogP contribution >= 0.6 is 0 Å². The van der Waals surface area contributed by atoms with Gasteiger partial charge in [-0.3, -0.25) is 4.79 Å². The molecule has 0 radical (unpaired) electrons. The number of hydrogen-bond donors (Lipinski definition) is 2. The van der Waals surface area contributed by atoms with Crippen molar-refractivity contribution in [2.24, 2.45) is 5.41 Å². The van der Waals surface area contributed by atoms with Crippen molar-refractivity contribution in [2.75, 3.05) is 19.7 Å². The van der Waals surface area contributed by atoms with Crippen LogP contribution in [0.25, 0.3) is 0 Å². The maximum Gasteiger partial charge on any atom is 0.249 e. The molecule has 5 heteroatoms. The van der Waals surface area contributed by atoms with Crippen molar-refractivity contribution in [1.29, 1.82) is 0 Å². The van der Waals surface area contributed by atoms with Gasteiger partial charge in [0.25, 0.3) is 0 Å². The van der Waals surface area contributed by atoms with Crippen molar-refractivity contribution in [3.8, 4) is 0 Å². The highest BCUT2D eigenvalue weighted by atomic mass is 16.5. The lowest BCUT2D eigenvalue weighted by molar-refractivity contribution is -0.120. The first-order valence-corrected chi connectivity index (χ1v) is 7.56. The third-order valence-corrected chi connectivity index (χ3v) is 3.05. The van der Waals surface area contributed by atoms with E-state index in [2.05, 4.69) is 10.6 Å². The molecule has 122 valence electrons. The Morgan fingerprint density at radius 2 is 1.86 bits per heavy atom. The summed E-state index contributed by atoms with van der Waals surface area (Å²) in [6.45, 7) is 13.4. The molecule has 2 N–H and O–H groups in total. The summed E-state index contributed by atoms with van der Waals surface area (Å²) in [6.07, 6.45) is 0.836. The van der Waals surface area contributed by atoms with Gasteiger partial charge in [-0.25, -0.2) is 0 Å². The Labute approximate surface area is 128 Å². The second kappa shape index (κ2) is 9.55. The number of hydrogen-bond acceptors (Lipinski definition) is 4. The molecular formula is C16H30N2O3. The number of aldehydes is 1. The highest BCUT2D eigenvalue weighted by Crippen LogP contribution is 2.27. The van der Waals surface area contributed by atoms with Gasteiger partial charge in [-0.15, -0.1) is 0 Å². The van der Waals surface area contributed by atoms with Gasteiger partial charge in [-0.2, -0.15) is 0 Å². The lowest BCUT2D eigenvalue weighted by Gasteiger charge is -2.26. The van der Waals surface area contributed by atoms with Crippen LogP contribution in [0.3, 0.4) is 0 Å². The summed E-state index contributed by atoms with van der Waals surface area (Å²) in [5, 5.41) is 6.08. The average molecular weight is 298 g/mol. The van der Waals surface area contributed by atoms with E-state index in [9.17, 15) is 9.59 Å². The number of ether oxygens (including phenoxy) is 1. The fraction of sp³-hybridized carbons (Fsp3) is 0.750. The number of allylic oxidation sites excluding steroid dienone is 1. The van der Waals surface area contributed by atoms with Crippen molar-refractivity contribution in [1.82, 2.24) is 10.6 Å². The SMILES string of the molecule is CCN/C(C)=C(/C(=O)NCC(CC=O)OCC)C(C)(C)C. The second-order valence-corrected chi connectivity index (χ2v) is 5.97. The third kappa shape index (κ3) is 7.27. The molecule has 0 spiro atoms. The van der Waals surface area contributed by atoms with Crippen LogP contribution in [0.5, 0.6) is 0 Å². The minimum absolute atomic E-state index is 0.114. The third-order valence-electron chi connectivity index (χ3n) is 3.05. The summed E-state index contributed by atoms with van der Waals surface area (Å²) in [7, 11) is 0. The number of carbonyl (C=O) groups excluding carboxylic acids is 2. The molecule has 0 aliphatic heterocycles. The lowest BCUT2D eigenvalue weighted by Crippen LogP contribution is -2.38. The summed E-state index contributed by atoms with van der Waals surface area (Å²) in [5.74, 6) is -0.114. The van der Waals surface area contributed by atoms with Gasteiger partial charge in [0.1, 0.15) is 6.29 Å². The molecule has 1 unspecified atom stereocenters. The molecule has 1 amide bonds. The van der Waals surface area contributed by atoms with Crippen molar-refractivity contribution in [2.45, 2.75) is 54.1 Å². The summed E-state index contributed by atoms with van der Waals surface area (Å²) < 4.78 is 5.43. The van der Waals surface area contributed by atoms with Crippen LogP contribution in [0.2, 0.25) is 0 Å². The highest BCUT2D eigenvalue weighted by Gasteiger charge is 2.26. The van der Waals surface area contributed by atoms with Crippen molar-refractivity contribution >= 4 is 12.2 Å². The topological polar surface area (TPSA) is 67.4 Å². The predicted octanol–water partition coefficient (Wildman–Crippen LogP) is 2.03. The van der Waals surface area contributed by atoms with Crippen molar-refractivity contribution in [3.05, 3.63) is 11.3 Å². The first kappa shape index (κ1) is 19.6. The van der Waals surface area contributed by atoms with Crippen LogP contribution in [-0.4, -0.2) is 38.0 Å². The molecule has 5 nitrogen and oxygen atoms in total. The molecule has 0 bridgehead atoms. The number of rotatable bonds is 9. The van der Waals surface area contributed by atoms with E-state index in [1.807, 2.05) is 41.5 Å². The van der Waals surface area contributed by atoms with Crippen LogP contribution in [0, 0.1) is 5.41 Å². The summed E-state index contributed by atoms with van der Waals surface area (Å²) in [6, 6.07) is 0. The molecule has 0 aromatic carbocycles. The molecule has 0 fully saturated rings. The van der Waals surface area contributed by atoms with Gasteiger partial charge in [-0.05, 0) is 26.2 Å². The van der Waals surface area contributed by atoms with E-state index in [1.165, 1.54) is 0 Å². The number of carbonyl (C=O) groups is 2. The quantitative estimate of drug-likeness (QED) is 0.505. The molecule has 0 aliphatic carbocycles. The molecule has 1 atom stereocenters. The largest absolute Gasteiger partial charge is 0.388 e. The van der Waals surface area contributed by atoms with Gasteiger partial charge in [-0.1, -0.05) is 20.8 Å². The Morgan fingerprint density at radius 1 is 1.24 bits per heavy atom. The van der Waals surface area contributed by atoms with Gasteiger partial charge in [0, 0.05) is 37.4 Å². The monoisotopic (exact) mass is 298 g/mol.